The number of nitrogens with one attached hydrogen (secondary N) is 1. The third-order valence-electron chi connectivity index (χ3n) is 3.29. The van der Waals surface area contributed by atoms with Crippen LogP contribution in [-0.4, -0.2) is 26.8 Å². The summed E-state index contributed by atoms with van der Waals surface area (Å²) in [5.41, 5.74) is 2.55. The number of pyridine rings is 1. The van der Waals surface area contributed by atoms with Crippen LogP contribution in [0.2, 0.25) is 0 Å². The first kappa shape index (κ1) is 16.2. The van der Waals surface area contributed by atoms with Crippen LogP contribution in [0.5, 0.6) is 0 Å². The summed E-state index contributed by atoms with van der Waals surface area (Å²) in [6.45, 7) is 2.05. The lowest BCUT2D eigenvalue weighted by Crippen LogP contribution is -2.15. The van der Waals surface area contributed by atoms with Gasteiger partial charge in [0.15, 0.2) is 0 Å². The number of thioether (sulfide) groups is 1. The molecular formula is C17H16N4O2S. The number of carbonyl (C=O) groups is 1. The molecule has 0 atom stereocenters. The highest BCUT2D eigenvalue weighted by Crippen LogP contribution is 2.22. The predicted octanol–water partition coefficient (Wildman–Crippen LogP) is 3.42. The average molecular weight is 340 g/mol. The van der Waals surface area contributed by atoms with Gasteiger partial charge in [0, 0.05) is 11.9 Å². The molecule has 7 heteroatoms. The van der Waals surface area contributed by atoms with E-state index in [4.69, 9.17) is 4.42 Å². The molecule has 0 aliphatic carbocycles. The molecule has 24 heavy (non-hydrogen) atoms. The second-order valence-corrected chi connectivity index (χ2v) is 5.86. The molecule has 1 amide bonds. The summed E-state index contributed by atoms with van der Waals surface area (Å²) in [7, 11) is 0. The van der Waals surface area contributed by atoms with Crippen LogP contribution in [-0.2, 0) is 11.2 Å². The summed E-state index contributed by atoms with van der Waals surface area (Å²) in [5, 5.41) is 11.1. The van der Waals surface area contributed by atoms with E-state index in [0.717, 1.165) is 17.7 Å². The van der Waals surface area contributed by atoms with Crippen molar-refractivity contribution in [2.24, 2.45) is 0 Å². The van der Waals surface area contributed by atoms with E-state index in [1.165, 1.54) is 11.8 Å². The van der Waals surface area contributed by atoms with Crippen molar-refractivity contribution < 1.29 is 9.21 Å². The zero-order valence-corrected chi connectivity index (χ0v) is 13.9. The Morgan fingerprint density at radius 2 is 2.00 bits per heavy atom. The molecule has 0 bridgehead atoms. The lowest BCUT2D eigenvalue weighted by molar-refractivity contribution is -0.113. The van der Waals surface area contributed by atoms with Crippen LogP contribution >= 0.6 is 11.8 Å². The van der Waals surface area contributed by atoms with Crippen molar-refractivity contribution in [1.29, 1.82) is 0 Å². The summed E-state index contributed by atoms with van der Waals surface area (Å²) in [5.74, 6) is 0.426. The minimum absolute atomic E-state index is 0.113. The van der Waals surface area contributed by atoms with E-state index in [-0.39, 0.29) is 11.7 Å². The molecular weight excluding hydrogens is 324 g/mol. The summed E-state index contributed by atoms with van der Waals surface area (Å²) >= 11 is 1.20. The number of benzene rings is 1. The Hall–Kier alpha value is -2.67. The standard InChI is InChI=1S/C17H16N4O2S/c1-2-12-7-3-4-8-13(12)19-15(22)11-24-17-21-20-16(23-17)14-9-5-6-10-18-14/h3-10H,2,11H2,1H3,(H,19,22). The van der Waals surface area contributed by atoms with Crippen molar-refractivity contribution in [2.45, 2.75) is 18.6 Å². The molecule has 0 saturated heterocycles. The van der Waals surface area contributed by atoms with E-state index >= 15 is 0 Å². The molecule has 0 aliphatic heterocycles. The number of carbonyl (C=O) groups excluding carboxylic acids is 1. The van der Waals surface area contributed by atoms with Crippen molar-refractivity contribution in [1.82, 2.24) is 15.2 Å². The largest absolute Gasteiger partial charge is 0.410 e. The van der Waals surface area contributed by atoms with Crippen LogP contribution in [0.4, 0.5) is 5.69 Å². The fourth-order valence-corrected chi connectivity index (χ4v) is 2.69. The SMILES string of the molecule is CCc1ccccc1NC(=O)CSc1nnc(-c2ccccn2)o1. The molecule has 2 heterocycles. The topological polar surface area (TPSA) is 80.9 Å². The Balaban J connectivity index is 1.58. The molecule has 0 fully saturated rings. The van der Waals surface area contributed by atoms with Crippen molar-refractivity contribution in [3.05, 3.63) is 54.2 Å². The first-order chi connectivity index (χ1) is 11.8. The number of aryl methyl sites for hydroxylation is 1. The van der Waals surface area contributed by atoms with Gasteiger partial charge in [-0.15, -0.1) is 10.2 Å². The maximum atomic E-state index is 12.1. The van der Waals surface area contributed by atoms with Crippen molar-refractivity contribution in [3.8, 4) is 11.6 Å². The molecule has 0 saturated carbocycles. The maximum absolute atomic E-state index is 12.1. The summed E-state index contributed by atoms with van der Waals surface area (Å²) in [6, 6.07) is 13.2. The fourth-order valence-electron chi connectivity index (χ4n) is 2.13. The first-order valence-corrected chi connectivity index (χ1v) is 8.50. The highest BCUT2D eigenvalue weighted by Gasteiger charge is 2.12. The van der Waals surface area contributed by atoms with Gasteiger partial charge in [0.05, 0.1) is 5.75 Å². The molecule has 3 rings (SSSR count). The molecule has 2 aromatic heterocycles. The van der Waals surface area contributed by atoms with Gasteiger partial charge in [0.1, 0.15) is 5.69 Å². The lowest BCUT2D eigenvalue weighted by Gasteiger charge is -2.08. The van der Waals surface area contributed by atoms with Gasteiger partial charge >= 0.3 is 0 Å². The Labute approximate surface area is 143 Å². The van der Waals surface area contributed by atoms with Gasteiger partial charge in [0.25, 0.3) is 11.1 Å². The second-order valence-electron chi connectivity index (χ2n) is 4.94. The number of rotatable bonds is 6. The third kappa shape index (κ3) is 3.99. The third-order valence-corrected chi connectivity index (χ3v) is 4.11. The molecule has 6 nitrogen and oxygen atoms in total. The van der Waals surface area contributed by atoms with Crippen LogP contribution in [0.3, 0.4) is 0 Å². The molecule has 1 N–H and O–H groups in total. The summed E-state index contributed by atoms with van der Waals surface area (Å²) in [6.07, 6.45) is 2.52. The Bertz CT molecular complexity index is 820. The number of anilines is 1. The van der Waals surface area contributed by atoms with Gasteiger partial charge in [-0.2, -0.15) is 0 Å². The van der Waals surface area contributed by atoms with Gasteiger partial charge < -0.3 is 9.73 Å². The van der Waals surface area contributed by atoms with Gasteiger partial charge in [-0.3, -0.25) is 9.78 Å². The molecule has 0 radical (unpaired) electrons. The lowest BCUT2D eigenvalue weighted by atomic mass is 10.1. The van der Waals surface area contributed by atoms with E-state index in [9.17, 15) is 4.79 Å². The minimum atomic E-state index is -0.113. The number of aromatic nitrogens is 3. The van der Waals surface area contributed by atoms with Crippen LogP contribution in [0.1, 0.15) is 12.5 Å². The highest BCUT2D eigenvalue weighted by atomic mass is 32.2. The quantitative estimate of drug-likeness (QED) is 0.693. The van der Waals surface area contributed by atoms with Crippen molar-refractivity contribution in [3.63, 3.8) is 0 Å². The van der Waals surface area contributed by atoms with E-state index in [1.807, 2.05) is 36.4 Å². The molecule has 0 aliphatic rings. The summed E-state index contributed by atoms with van der Waals surface area (Å²) < 4.78 is 5.51. The smallest absolute Gasteiger partial charge is 0.277 e. The Morgan fingerprint density at radius 1 is 1.17 bits per heavy atom. The van der Waals surface area contributed by atoms with Crippen LogP contribution in [0.15, 0.2) is 58.3 Å². The van der Waals surface area contributed by atoms with E-state index in [2.05, 4.69) is 27.4 Å². The molecule has 3 aromatic rings. The van der Waals surface area contributed by atoms with E-state index in [1.54, 1.807) is 12.3 Å². The van der Waals surface area contributed by atoms with E-state index < -0.39 is 0 Å². The van der Waals surface area contributed by atoms with Crippen molar-refractivity contribution >= 4 is 23.4 Å². The normalized spacial score (nSPS) is 10.5. The molecule has 122 valence electrons. The van der Waals surface area contributed by atoms with Crippen LogP contribution in [0, 0.1) is 0 Å². The average Bonchev–Trinajstić information content (AvgIpc) is 3.10. The number of para-hydroxylation sites is 1. The van der Waals surface area contributed by atoms with Gasteiger partial charge in [0.2, 0.25) is 5.91 Å². The van der Waals surface area contributed by atoms with Gasteiger partial charge in [-0.05, 0) is 30.2 Å². The Morgan fingerprint density at radius 3 is 2.79 bits per heavy atom. The van der Waals surface area contributed by atoms with Crippen LogP contribution in [0.25, 0.3) is 11.6 Å². The second kappa shape index (κ2) is 7.74. The number of hydrogen-bond donors (Lipinski definition) is 1. The number of hydrogen-bond acceptors (Lipinski definition) is 6. The molecule has 0 spiro atoms. The zero-order chi connectivity index (χ0) is 16.8. The summed E-state index contributed by atoms with van der Waals surface area (Å²) in [4.78, 5) is 16.2. The highest BCUT2D eigenvalue weighted by molar-refractivity contribution is 7.99. The zero-order valence-electron chi connectivity index (χ0n) is 13.1. The fraction of sp³-hybridized carbons (Fsp3) is 0.176. The monoisotopic (exact) mass is 340 g/mol. The first-order valence-electron chi connectivity index (χ1n) is 7.51. The van der Waals surface area contributed by atoms with E-state index in [0.29, 0.717) is 16.8 Å². The minimum Gasteiger partial charge on any atom is -0.410 e. The van der Waals surface area contributed by atoms with Gasteiger partial charge in [-0.25, -0.2) is 0 Å². The number of amides is 1. The molecule has 0 unspecified atom stereocenters. The maximum Gasteiger partial charge on any atom is 0.277 e. The van der Waals surface area contributed by atoms with Crippen LogP contribution < -0.4 is 5.32 Å². The van der Waals surface area contributed by atoms with Gasteiger partial charge in [-0.1, -0.05) is 43.0 Å². The molecule has 1 aromatic carbocycles. The van der Waals surface area contributed by atoms with Crippen molar-refractivity contribution in [2.75, 3.05) is 11.1 Å². The predicted molar refractivity (Wildman–Crippen MR) is 92.7 cm³/mol. The number of nitrogens with zero attached hydrogens (tertiary/aromatic N) is 3. The Kier molecular flexibility index (Phi) is 5.22.